The number of benzene rings is 1. The topological polar surface area (TPSA) is 65.1 Å². The summed E-state index contributed by atoms with van der Waals surface area (Å²) in [5, 5.41) is 12.8. The summed E-state index contributed by atoms with van der Waals surface area (Å²) in [7, 11) is 0. The molecule has 0 fully saturated rings. The van der Waals surface area contributed by atoms with Gasteiger partial charge in [-0.2, -0.15) is 0 Å². The summed E-state index contributed by atoms with van der Waals surface area (Å²) in [5.41, 5.74) is 2.01. The van der Waals surface area contributed by atoms with E-state index in [4.69, 9.17) is 5.11 Å². The molecule has 1 aromatic heterocycles. The summed E-state index contributed by atoms with van der Waals surface area (Å²) in [6.07, 6.45) is 1.67. The van der Waals surface area contributed by atoms with Crippen molar-refractivity contribution < 1.29 is 9.90 Å². The van der Waals surface area contributed by atoms with Crippen LogP contribution in [0.4, 0.5) is 0 Å². The average molecular weight is 232 g/mol. The molecular weight excluding hydrogens is 216 g/mol. The normalized spacial score (nSPS) is 12.6. The average Bonchev–Trinajstić information content (AvgIpc) is 2.70. The van der Waals surface area contributed by atoms with Crippen LogP contribution in [0.2, 0.25) is 0 Å². The van der Waals surface area contributed by atoms with Crippen LogP contribution in [0.15, 0.2) is 30.5 Å². The maximum atomic E-state index is 11.6. The van der Waals surface area contributed by atoms with E-state index in [-0.39, 0.29) is 5.91 Å². The fraction of sp³-hybridized carbons (Fsp3) is 0.308. The molecule has 1 amide bonds. The molecule has 0 aliphatic carbocycles. The predicted octanol–water partition coefficient (Wildman–Crippen LogP) is 1.21. The van der Waals surface area contributed by atoms with Gasteiger partial charge in [0.25, 0.3) is 0 Å². The van der Waals surface area contributed by atoms with E-state index in [1.807, 2.05) is 30.5 Å². The Morgan fingerprint density at radius 3 is 3.00 bits per heavy atom. The van der Waals surface area contributed by atoms with E-state index in [0.717, 1.165) is 16.5 Å². The number of para-hydroxylation sites is 1. The monoisotopic (exact) mass is 232 g/mol. The van der Waals surface area contributed by atoms with Crippen LogP contribution in [0, 0.1) is 0 Å². The van der Waals surface area contributed by atoms with Crippen molar-refractivity contribution in [2.75, 3.05) is 6.54 Å². The van der Waals surface area contributed by atoms with Gasteiger partial charge in [-0.3, -0.25) is 4.79 Å². The molecule has 0 bridgehead atoms. The number of carbonyl (C=O) groups excluding carboxylic acids is 1. The molecule has 4 nitrogen and oxygen atoms in total. The zero-order chi connectivity index (χ0) is 12.3. The molecule has 1 heterocycles. The zero-order valence-corrected chi connectivity index (χ0v) is 9.73. The van der Waals surface area contributed by atoms with E-state index < -0.39 is 6.10 Å². The first-order valence-corrected chi connectivity index (χ1v) is 5.66. The van der Waals surface area contributed by atoms with E-state index in [9.17, 15) is 4.79 Å². The van der Waals surface area contributed by atoms with Crippen molar-refractivity contribution in [3.05, 3.63) is 36.0 Å². The fourth-order valence-corrected chi connectivity index (χ4v) is 1.77. The molecule has 0 radical (unpaired) electrons. The number of hydrogen-bond donors (Lipinski definition) is 3. The molecule has 90 valence electrons. The van der Waals surface area contributed by atoms with E-state index in [0.29, 0.717) is 13.0 Å². The number of carbonyl (C=O) groups is 1. The molecule has 3 N–H and O–H groups in total. The molecule has 2 rings (SSSR count). The van der Waals surface area contributed by atoms with E-state index in [2.05, 4.69) is 10.3 Å². The van der Waals surface area contributed by atoms with Gasteiger partial charge in [0.1, 0.15) is 0 Å². The zero-order valence-electron chi connectivity index (χ0n) is 9.73. The standard InChI is InChI=1S/C13H16N2O2/c1-9(16)7-15-13(17)6-10-8-14-12-5-3-2-4-11(10)12/h2-5,8-9,14,16H,6-7H2,1H3,(H,15,17)/t9-/m0/s1. The smallest absolute Gasteiger partial charge is 0.224 e. The molecule has 1 aromatic carbocycles. The largest absolute Gasteiger partial charge is 0.392 e. The van der Waals surface area contributed by atoms with Crippen molar-refractivity contribution >= 4 is 16.8 Å². The Morgan fingerprint density at radius 1 is 1.47 bits per heavy atom. The number of aliphatic hydroxyl groups excluding tert-OH is 1. The van der Waals surface area contributed by atoms with E-state index >= 15 is 0 Å². The number of aromatic nitrogens is 1. The molecule has 0 aliphatic heterocycles. The Hall–Kier alpha value is -1.81. The molecule has 0 saturated carbocycles. The van der Waals surface area contributed by atoms with Gasteiger partial charge in [0, 0.05) is 23.6 Å². The Bertz CT molecular complexity index is 517. The second kappa shape index (κ2) is 5.01. The maximum Gasteiger partial charge on any atom is 0.224 e. The third-order valence-electron chi connectivity index (χ3n) is 2.62. The van der Waals surface area contributed by atoms with E-state index in [1.165, 1.54) is 0 Å². The molecule has 0 saturated heterocycles. The number of rotatable bonds is 4. The van der Waals surface area contributed by atoms with Crippen molar-refractivity contribution in [1.29, 1.82) is 0 Å². The molecule has 4 heteroatoms. The minimum atomic E-state index is -0.512. The van der Waals surface area contributed by atoms with Crippen LogP contribution in [0.5, 0.6) is 0 Å². The highest BCUT2D eigenvalue weighted by molar-refractivity contribution is 5.88. The second-order valence-electron chi connectivity index (χ2n) is 4.19. The van der Waals surface area contributed by atoms with Crippen LogP contribution in [0.3, 0.4) is 0 Å². The summed E-state index contributed by atoms with van der Waals surface area (Å²) >= 11 is 0. The second-order valence-corrected chi connectivity index (χ2v) is 4.19. The molecule has 2 aromatic rings. The first kappa shape index (κ1) is 11.7. The van der Waals surface area contributed by atoms with Gasteiger partial charge in [-0.1, -0.05) is 18.2 Å². The summed E-state index contributed by atoms with van der Waals surface area (Å²) in [5.74, 6) is -0.0735. The summed E-state index contributed by atoms with van der Waals surface area (Å²) in [4.78, 5) is 14.8. The van der Waals surface area contributed by atoms with Gasteiger partial charge in [-0.05, 0) is 18.6 Å². The van der Waals surface area contributed by atoms with Gasteiger partial charge in [-0.15, -0.1) is 0 Å². The van der Waals surface area contributed by atoms with E-state index in [1.54, 1.807) is 6.92 Å². The minimum Gasteiger partial charge on any atom is -0.392 e. The highest BCUT2D eigenvalue weighted by atomic mass is 16.3. The van der Waals surface area contributed by atoms with Crippen LogP contribution in [-0.2, 0) is 11.2 Å². The Morgan fingerprint density at radius 2 is 2.24 bits per heavy atom. The van der Waals surface area contributed by atoms with Gasteiger partial charge < -0.3 is 15.4 Å². The first-order chi connectivity index (χ1) is 8.16. The SMILES string of the molecule is C[C@H](O)CNC(=O)Cc1c[nH]c2ccccc12. The Kier molecular flexibility index (Phi) is 3.44. The number of fused-ring (bicyclic) bond motifs is 1. The van der Waals surface area contributed by atoms with Gasteiger partial charge in [0.05, 0.1) is 12.5 Å². The first-order valence-electron chi connectivity index (χ1n) is 5.66. The highest BCUT2D eigenvalue weighted by Crippen LogP contribution is 2.17. The van der Waals surface area contributed by atoms with Crippen molar-refractivity contribution in [2.45, 2.75) is 19.4 Å². The van der Waals surface area contributed by atoms with Crippen LogP contribution in [0.1, 0.15) is 12.5 Å². The molecule has 0 spiro atoms. The Balaban J connectivity index is 2.06. The Labute approximate surface area is 99.7 Å². The molecule has 0 unspecified atom stereocenters. The van der Waals surface area contributed by atoms with Crippen LogP contribution in [-0.4, -0.2) is 28.6 Å². The lowest BCUT2D eigenvalue weighted by molar-refractivity contribution is -0.120. The summed E-state index contributed by atoms with van der Waals surface area (Å²) < 4.78 is 0. The lowest BCUT2D eigenvalue weighted by Crippen LogP contribution is -2.31. The number of hydrogen-bond acceptors (Lipinski definition) is 2. The molecule has 0 aliphatic rings. The quantitative estimate of drug-likeness (QED) is 0.741. The lowest BCUT2D eigenvalue weighted by atomic mass is 10.1. The van der Waals surface area contributed by atoms with Crippen molar-refractivity contribution in [3.63, 3.8) is 0 Å². The van der Waals surface area contributed by atoms with Crippen LogP contribution in [0.25, 0.3) is 10.9 Å². The minimum absolute atomic E-state index is 0.0735. The molecule has 1 atom stereocenters. The highest BCUT2D eigenvalue weighted by Gasteiger charge is 2.08. The fourth-order valence-electron chi connectivity index (χ4n) is 1.77. The summed E-state index contributed by atoms with van der Waals surface area (Å²) in [6.45, 7) is 1.94. The van der Waals surface area contributed by atoms with Crippen molar-refractivity contribution in [3.8, 4) is 0 Å². The van der Waals surface area contributed by atoms with Gasteiger partial charge in [-0.25, -0.2) is 0 Å². The number of H-pyrrole nitrogens is 1. The molecule has 17 heavy (non-hydrogen) atoms. The number of aromatic amines is 1. The predicted molar refractivity (Wildman–Crippen MR) is 66.7 cm³/mol. The van der Waals surface area contributed by atoms with Crippen LogP contribution >= 0.6 is 0 Å². The van der Waals surface area contributed by atoms with Crippen molar-refractivity contribution in [2.24, 2.45) is 0 Å². The van der Waals surface area contributed by atoms with Gasteiger partial charge >= 0.3 is 0 Å². The lowest BCUT2D eigenvalue weighted by Gasteiger charge is -2.06. The van der Waals surface area contributed by atoms with Gasteiger partial charge in [0.2, 0.25) is 5.91 Å². The van der Waals surface area contributed by atoms with Crippen LogP contribution < -0.4 is 5.32 Å². The number of nitrogens with one attached hydrogen (secondary N) is 2. The third kappa shape index (κ3) is 2.85. The maximum absolute atomic E-state index is 11.6. The van der Waals surface area contributed by atoms with Gasteiger partial charge in [0.15, 0.2) is 0 Å². The number of aliphatic hydroxyl groups is 1. The molecular formula is C13H16N2O2. The van der Waals surface area contributed by atoms with Crippen molar-refractivity contribution in [1.82, 2.24) is 10.3 Å². The third-order valence-corrected chi connectivity index (χ3v) is 2.62. The number of amides is 1. The summed E-state index contributed by atoms with van der Waals surface area (Å²) in [6, 6.07) is 7.87.